The smallest absolute Gasteiger partial charge is 0.255 e. The average Bonchev–Trinajstić information content (AvgIpc) is 3.15. The third-order valence-electron chi connectivity index (χ3n) is 5.18. The molecule has 1 aromatic heterocycles. The van der Waals surface area contributed by atoms with Crippen molar-refractivity contribution in [3.63, 3.8) is 0 Å². The molecule has 2 unspecified atom stereocenters. The summed E-state index contributed by atoms with van der Waals surface area (Å²) in [5, 5.41) is 2.85. The quantitative estimate of drug-likeness (QED) is 0.674. The molecule has 0 aliphatic carbocycles. The van der Waals surface area contributed by atoms with Crippen LogP contribution in [0.3, 0.4) is 0 Å². The first-order valence-corrected chi connectivity index (χ1v) is 11.9. The molecular formula is C21H23N3O3S2. The van der Waals surface area contributed by atoms with Crippen LogP contribution in [0.25, 0.3) is 10.2 Å². The monoisotopic (exact) mass is 429 g/mol. The molecule has 29 heavy (non-hydrogen) atoms. The maximum atomic E-state index is 13.0. The van der Waals surface area contributed by atoms with E-state index < -0.39 is 10.0 Å². The molecule has 4 rings (SSSR count). The molecule has 0 saturated carbocycles. The number of sulfonamides is 1. The van der Waals surface area contributed by atoms with E-state index in [2.05, 4.69) is 24.1 Å². The van der Waals surface area contributed by atoms with Gasteiger partial charge in [0.25, 0.3) is 5.91 Å². The number of aromatic nitrogens is 1. The fourth-order valence-corrected chi connectivity index (χ4v) is 6.26. The van der Waals surface area contributed by atoms with Gasteiger partial charge in [-0.1, -0.05) is 13.8 Å². The zero-order valence-corrected chi connectivity index (χ0v) is 18.0. The number of thiazole rings is 1. The lowest BCUT2D eigenvalue weighted by molar-refractivity contribution is 0.102. The van der Waals surface area contributed by atoms with E-state index in [1.807, 2.05) is 12.1 Å². The van der Waals surface area contributed by atoms with E-state index in [0.29, 0.717) is 36.2 Å². The molecule has 2 atom stereocenters. The Kier molecular flexibility index (Phi) is 5.42. The highest BCUT2D eigenvalue weighted by Gasteiger charge is 2.31. The molecule has 1 aliphatic heterocycles. The molecule has 6 nitrogen and oxygen atoms in total. The molecule has 2 aromatic carbocycles. The Morgan fingerprint density at radius 2 is 1.79 bits per heavy atom. The van der Waals surface area contributed by atoms with Gasteiger partial charge in [0.1, 0.15) is 0 Å². The summed E-state index contributed by atoms with van der Waals surface area (Å²) in [7, 11) is -3.55. The number of carbonyl (C=O) groups excluding carboxylic acids is 1. The minimum atomic E-state index is -3.55. The summed E-state index contributed by atoms with van der Waals surface area (Å²) in [4.78, 5) is 17.0. The van der Waals surface area contributed by atoms with Crippen molar-refractivity contribution >= 4 is 43.2 Å². The molecular weight excluding hydrogens is 406 g/mol. The van der Waals surface area contributed by atoms with Crippen molar-refractivity contribution in [3.8, 4) is 0 Å². The molecule has 1 N–H and O–H groups in total. The highest BCUT2D eigenvalue weighted by Crippen LogP contribution is 2.27. The number of piperidine rings is 1. The van der Waals surface area contributed by atoms with Gasteiger partial charge in [-0.05, 0) is 60.7 Å². The van der Waals surface area contributed by atoms with Crippen LogP contribution in [0.1, 0.15) is 30.6 Å². The second-order valence-electron chi connectivity index (χ2n) is 7.78. The van der Waals surface area contributed by atoms with Crippen LogP contribution in [-0.2, 0) is 10.0 Å². The maximum Gasteiger partial charge on any atom is 0.255 e. The van der Waals surface area contributed by atoms with E-state index in [4.69, 9.17) is 0 Å². The minimum Gasteiger partial charge on any atom is -0.322 e. The lowest BCUT2D eigenvalue weighted by Gasteiger charge is -2.34. The van der Waals surface area contributed by atoms with Gasteiger partial charge in [-0.25, -0.2) is 13.4 Å². The minimum absolute atomic E-state index is 0.224. The van der Waals surface area contributed by atoms with Crippen molar-refractivity contribution in [1.29, 1.82) is 0 Å². The Hall–Kier alpha value is -2.29. The first kappa shape index (κ1) is 20.0. The van der Waals surface area contributed by atoms with Gasteiger partial charge in [0.15, 0.2) is 0 Å². The average molecular weight is 430 g/mol. The largest absolute Gasteiger partial charge is 0.322 e. The number of nitrogens with one attached hydrogen (secondary N) is 1. The molecule has 8 heteroatoms. The normalized spacial score (nSPS) is 20.6. The third-order valence-corrected chi connectivity index (χ3v) is 7.82. The topological polar surface area (TPSA) is 79.4 Å². The summed E-state index contributed by atoms with van der Waals surface area (Å²) >= 11 is 1.51. The standard InChI is InChI=1S/C21H23N3O3S2/c1-14-9-15(2)12-24(11-14)29(26,27)18-6-3-16(4-7-18)21(25)23-17-5-8-19-20(10-17)28-13-22-19/h3-8,10,13-15H,9,11-12H2,1-2H3,(H,23,25). The van der Waals surface area contributed by atoms with Crippen LogP contribution < -0.4 is 5.32 Å². The van der Waals surface area contributed by atoms with Crippen LogP contribution in [0.2, 0.25) is 0 Å². The van der Waals surface area contributed by atoms with E-state index in [0.717, 1.165) is 16.6 Å². The van der Waals surface area contributed by atoms with Gasteiger partial charge in [-0.3, -0.25) is 4.79 Å². The van der Waals surface area contributed by atoms with Gasteiger partial charge in [0.2, 0.25) is 10.0 Å². The van der Waals surface area contributed by atoms with Crippen LogP contribution in [0, 0.1) is 11.8 Å². The zero-order chi connectivity index (χ0) is 20.6. The van der Waals surface area contributed by atoms with Crippen molar-refractivity contribution in [2.24, 2.45) is 11.8 Å². The van der Waals surface area contributed by atoms with Crippen molar-refractivity contribution in [1.82, 2.24) is 9.29 Å². The number of rotatable bonds is 4. The summed E-state index contributed by atoms with van der Waals surface area (Å²) in [5.41, 5.74) is 3.75. The van der Waals surface area contributed by atoms with Gasteiger partial charge < -0.3 is 5.32 Å². The van der Waals surface area contributed by atoms with Gasteiger partial charge >= 0.3 is 0 Å². The number of fused-ring (bicyclic) bond motifs is 1. The first-order chi connectivity index (χ1) is 13.8. The van der Waals surface area contributed by atoms with Gasteiger partial charge in [-0.2, -0.15) is 4.31 Å². The lowest BCUT2D eigenvalue weighted by atomic mass is 9.94. The predicted molar refractivity (Wildman–Crippen MR) is 116 cm³/mol. The number of hydrogen-bond acceptors (Lipinski definition) is 5. The highest BCUT2D eigenvalue weighted by atomic mass is 32.2. The molecule has 1 amide bonds. The lowest BCUT2D eigenvalue weighted by Crippen LogP contribution is -2.42. The second kappa shape index (κ2) is 7.85. The molecule has 1 aliphatic rings. The van der Waals surface area contributed by atoms with E-state index in [1.165, 1.54) is 23.5 Å². The van der Waals surface area contributed by atoms with Crippen molar-refractivity contribution in [3.05, 3.63) is 53.5 Å². The highest BCUT2D eigenvalue weighted by molar-refractivity contribution is 7.89. The number of carbonyl (C=O) groups is 1. The molecule has 3 aromatic rings. The molecule has 1 saturated heterocycles. The fourth-order valence-electron chi connectivity index (χ4n) is 3.87. The summed E-state index contributed by atoms with van der Waals surface area (Å²) in [6.07, 6.45) is 1.04. The summed E-state index contributed by atoms with van der Waals surface area (Å²) in [6.45, 7) is 5.23. The Labute approximate surface area is 174 Å². The van der Waals surface area contributed by atoms with Crippen LogP contribution in [0.4, 0.5) is 5.69 Å². The number of hydrogen-bond donors (Lipinski definition) is 1. The number of amides is 1. The zero-order valence-electron chi connectivity index (χ0n) is 16.3. The SMILES string of the molecule is CC1CC(C)CN(S(=O)(=O)c2ccc(C(=O)Nc3ccc4ncsc4c3)cc2)C1. The Morgan fingerprint density at radius 1 is 1.10 bits per heavy atom. The van der Waals surface area contributed by atoms with Crippen molar-refractivity contribution < 1.29 is 13.2 Å². The summed E-state index contributed by atoms with van der Waals surface area (Å²) in [5.74, 6) is 0.405. The van der Waals surface area contributed by atoms with Gasteiger partial charge in [-0.15, -0.1) is 11.3 Å². The van der Waals surface area contributed by atoms with E-state index in [9.17, 15) is 13.2 Å². The van der Waals surface area contributed by atoms with Crippen molar-refractivity contribution in [2.45, 2.75) is 25.2 Å². The molecule has 0 radical (unpaired) electrons. The number of anilines is 1. The fraction of sp³-hybridized carbons (Fsp3) is 0.333. The third kappa shape index (κ3) is 4.19. The predicted octanol–water partition coefficient (Wildman–Crippen LogP) is 4.22. The molecule has 1 fully saturated rings. The second-order valence-corrected chi connectivity index (χ2v) is 10.6. The van der Waals surface area contributed by atoms with E-state index in [-0.39, 0.29) is 10.8 Å². The molecule has 0 bridgehead atoms. The molecule has 2 heterocycles. The van der Waals surface area contributed by atoms with Crippen LogP contribution in [0.5, 0.6) is 0 Å². The van der Waals surface area contributed by atoms with Crippen LogP contribution in [-0.4, -0.2) is 36.7 Å². The maximum absolute atomic E-state index is 13.0. The number of nitrogens with zero attached hydrogens (tertiary/aromatic N) is 2. The Morgan fingerprint density at radius 3 is 2.48 bits per heavy atom. The van der Waals surface area contributed by atoms with Crippen molar-refractivity contribution in [2.75, 3.05) is 18.4 Å². The molecule has 152 valence electrons. The summed E-state index contributed by atoms with van der Waals surface area (Å²) in [6, 6.07) is 11.7. The summed E-state index contributed by atoms with van der Waals surface area (Å²) < 4.78 is 28.5. The van der Waals surface area contributed by atoms with E-state index in [1.54, 1.807) is 28.0 Å². The Balaban J connectivity index is 1.50. The van der Waals surface area contributed by atoms with Crippen LogP contribution >= 0.6 is 11.3 Å². The van der Waals surface area contributed by atoms with Gasteiger partial charge in [0, 0.05) is 24.3 Å². The number of benzene rings is 2. The van der Waals surface area contributed by atoms with Gasteiger partial charge in [0.05, 0.1) is 20.6 Å². The van der Waals surface area contributed by atoms with E-state index >= 15 is 0 Å². The molecule has 0 spiro atoms. The first-order valence-electron chi connectivity index (χ1n) is 9.58. The Bertz CT molecular complexity index is 1130. The van der Waals surface area contributed by atoms with Crippen LogP contribution in [0.15, 0.2) is 52.9 Å².